The number of ether oxygens (including phenoxy) is 1. The molecule has 0 radical (unpaired) electrons. The van der Waals surface area contributed by atoms with Crippen LogP contribution in [-0.2, 0) is 11.2 Å². The summed E-state index contributed by atoms with van der Waals surface area (Å²) in [6.07, 6.45) is 3.24. The lowest BCUT2D eigenvalue weighted by molar-refractivity contribution is 0.133. The number of hydrogen-bond donors (Lipinski definition) is 1. The monoisotopic (exact) mass is 239 g/mol. The first-order chi connectivity index (χ1) is 8.33. The van der Waals surface area contributed by atoms with Crippen LogP contribution in [-0.4, -0.2) is 26.3 Å². The maximum absolute atomic E-state index is 12.6. The van der Waals surface area contributed by atoms with Gasteiger partial charge in [-0.25, -0.2) is 4.39 Å². The number of unbranched alkanes of at least 4 members (excludes halogenated alkanes) is 1. The van der Waals surface area contributed by atoms with Crippen LogP contribution < -0.4 is 5.32 Å². The van der Waals surface area contributed by atoms with Gasteiger partial charge in [-0.05, 0) is 37.1 Å². The molecule has 1 aromatic rings. The first kappa shape index (κ1) is 14.1. The molecular weight excluding hydrogens is 217 g/mol. The third kappa shape index (κ3) is 7.08. The third-order valence-electron chi connectivity index (χ3n) is 2.57. The minimum Gasteiger partial charge on any atom is -0.380 e. The lowest BCUT2D eigenvalue weighted by Crippen LogP contribution is -2.22. The van der Waals surface area contributed by atoms with Crippen LogP contribution >= 0.6 is 0 Å². The molecular formula is C14H22FNO. The van der Waals surface area contributed by atoms with Gasteiger partial charge in [-0.2, -0.15) is 0 Å². The SMILES string of the molecule is CCCCOCCNCCc1ccc(F)cc1. The molecule has 0 unspecified atom stereocenters. The summed E-state index contributed by atoms with van der Waals surface area (Å²) >= 11 is 0. The summed E-state index contributed by atoms with van der Waals surface area (Å²) < 4.78 is 18.1. The lowest BCUT2D eigenvalue weighted by atomic mass is 10.1. The van der Waals surface area contributed by atoms with Crippen LogP contribution in [0.4, 0.5) is 4.39 Å². The molecule has 0 spiro atoms. The zero-order valence-electron chi connectivity index (χ0n) is 10.5. The van der Waals surface area contributed by atoms with E-state index in [0.717, 1.165) is 44.7 Å². The van der Waals surface area contributed by atoms with E-state index in [-0.39, 0.29) is 5.82 Å². The van der Waals surface area contributed by atoms with Crippen molar-refractivity contribution in [3.63, 3.8) is 0 Å². The van der Waals surface area contributed by atoms with Gasteiger partial charge in [0.1, 0.15) is 5.82 Å². The Labute approximate surface area is 103 Å². The van der Waals surface area contributed by atoms with E-state index in [2.05, 4.69) is 12.2 Å². The van der Waals surface area contributed by atoms with Crippen molar-refractivity contribution in [1.29, 1.82) is 0 Å². The molecule has 0 atom stereocenters. The molecule has 0 saturated heterocycles. The fourth-order valence-corrected chi connectivity index (χ4v) is 1.50. The van der Waals surface area contributed by atoms with Crippen LogP contribution in [0.2, 0.25) is 0 Å². The molecule has 1 rings (SSSR count). The highest BCUT2D eigenvalue weighted by Gasteiger charge is 1.94. The summed E-state index contributed by atoms with van der Waals surface area (Å²) in [5.74, 6) is -0.175. The number of halogens is 1. The molecule has 1 N–H and O–H groups in total. The number of hydrogen-bond acceptors (Lipinski definition) is 2. The van der Waals surface area contributed by atoms with E-state index >= 15 is 0 Å². The second kappa shape index (κ2) is 9.14. The summed E-state index contributed by atoms with van der Waals surface area (Å²) in [5, 5.41) is 3.31. The van der Waals surface area contributed by atoms with E-state index in [9.17, 15) is 4.39 Å². The molecule has 0 fully saturated rings. The van der Waals surface area contributed by atoms with Crippen molar-refractivity contribution in [3.8, 4) is 0 Å². The van der Waals surface area contributed by atoms with Crippen LogP contribution in [0.25, 0.3) is 0 Å². The molecule has 0 bridgehead atoms. The van der Waals surface area contributed by atoms with Gasteiger partial charge in [0.25, 0.3) is 0 Å². The van der Waals surface area contributed by atoms with E-state index in [1.54, 1.807) is 0 Å². The highest BCUT2D eigenvalue weighted by molar-refractivity contribution is 5.16. The van der Waals surface area contributed by atoms with Gasteiger partial charge in [0.05, 0.1) is 6.61 Å². The Morgan fingerprint density at radius 1 is 1.12 bits per heavy atom. The van der Waals surface area contributed by atoms with E-state index in [1.807, 2.05) is 12.1 Å². The molecule has 0 heterocycles. The van der Waals surface area contributed by atoms with E-state index < -0.39 is 0 Å². The second-order valence-electron chi connectivity index (χ2n) is 4.09. The standard InChI is InChI=1S/C14H22FNO/c1-2-3-11-17-12-10-16-9-8-13-4-6-14(15)7-5-13/h4-7,16H,2-3,8-12H2,1H3. The van der Waals surface area contributed by atoms with E-state index in [4.69, 9.17) is 4.74 Å². The van der Waals surface area contributed by atoms with Gasteiger partial charge in [-0.3, -0.25) is 0 Å². The Morgan fingerprint density at radius 3 is 2.59 bits per heavy atom. The molecule has 0 aliphatic heterocycles. The molecule has 0 aromatic heterocycles. The summed E-state index contributed by atoms with van der Waals surface area (Å²) in [4.78, 5) is 0. The summed E-state index contributed by atoms with van der Waals surface area (Å²) in [7, 11) is 0. The molecule has 0 aliphatic rings. The van der Waals surface area contributed by atoms with Gasteiger partial charge in [0.2, 0.25) is 0 Å². The maximum Gasteiger partial charge on any atom is 0.123 e. The fourth-order valence-electron chi connectivity index (χ4n) is 1.50. The van der Waals surface area contributed by atoms with Crippen molar-refractivity contribution in [3.05, 3.63) is 35.6 Å². The minimum atomic E-state index is -0.175. The Hall–Kier alpha value is -0.930. The number of benzene rings is 1. The first-order valence-electron chi connectivity index (χ1n) is 6.36. The van der Waals surface area contributed by atoms with Crippen molar-refractivity contribution in [1.82, 2.24) is 5.32 Å². The third-order valence-corrected chi connectivity index (χ3v) is 2.57. The summed E-state index contributed by atoms with van der Waals surface area (Å²) in [6, 6.07) is 6.66. The lowest BCUT2D eigenvalue weighted by Gasteiger charge is -2.06. The summed E-state index contributed by atoms with van der Waals surface area (Å²) in [5.41, 5.74) is 1.16. The Balaban J connectivity index is 1.95. The van der Waals surface area contributed by atoms with E-state index in [0.29, 0.717) is 0 Å². The van der Waals surface area contributed by atoms with Crippen molar-refractivity contribution in [2.24, 2.45) is 0 Å². The van der Waals surface area contributed by atoms with Crippen LogP contribution in [0.5, 0.6) is 0 Å². The minimum absolute atomic E-state index is 0.175. The maximum atomic E-state index is 12.6. The van der Waals surface area contributed by atoms with Crippen molar-refractivity contribution in [2.75, 3.05) is 26.3 Å². The fraction of sp³-hybridized carbons (Fsp3) is 0.571. The molecule has 1 aromatic carbocycles. The average Bonchev–Trinajstić information content (AvgIpc) is 2.35. The topological polar surface area (TPSA) is 21.3 Å². The van der Waals surface area contributed by atoms with Gasteiger partial charge >= 0.3 is 0 Å². The largest absolute Gasteiger partial charge is 0.380 e. The highest BCUT2D eigenvalue weighted by Crippen LogP contribution is 2.02. The first-order valence-corrected chi connectivity index (χ1v) is 6.36. The Kier molecular flexibility index (Phi) is 7.60. The highest BCUT2D eigenvalue weighted by atomic mass is 19.1. The summed E-state index contributed by atoms with van der Waals surface area (Å²) in [6.45, 7) is 5.57. The van der Waals surface area contributed by atoms with E-state index in [1.165, 1.54) is 18.6 Å². The molecule has 0 aliphatic carbocycles. The van der Waals surface area contributed by atoms with Crippen LogP contribution in [0, 0.1) is 5.82 Å². The quantitative estimate of drug-likeness (QED) is 0.669. The van der Waals surface area contributed by atoms with Gasteiger partial charge in [-0.15, -0.1) is 0 Å². The zero-order valence-corrected chi connectivity index (χ0v) is 10.5. The van der Waals surface area contributed by atoms with Crippen molar-refractivity contribution >= 4 is 0 Å². The molecule has 3 heteroatoms. The number of rotatable bonds is 9. The van der Waals surface area contributed by atoms with Crippen LogP contribution in [0.1, 0.15) is 25.3 Å². The van der Waals surface area contributed by atoms with Gasteiger partial charge < -0.3 is 10.1 Å². The smallest absolute Gasteiger partial charge is 0.123 e. The molecule has 0 saturated carbocycles. The van der Waals surface area contributed by atoms with Gasteiger partial charge in [-0.1, -0.05) is 25.5 Å². The predicted octanol–water partition coefficient (Wildman–Crippen LogP) is 2.77. The van der Waals surface area contributed by atoms with Crippen LogP contribution in [0.3, 0.4) is 0 Å². The average molecular weight is 239 g/mol. The second-order valence-corrected chi connectivity index (χ2v) is 4.09. The molecule has 96 valence electrons. The molecule has 17 heavy (non-hydrogen) atoms. The Morgan fingerprint density at radius 2 is 1.88 bits per heavy atom. The van der Waals surface area contributed by atoms with Crippen molar-refractivity contribution in [2.45, 2.75) is 26.2 Å². The van der Waals surface area contributed by atoms with Gasteiger partial charge in [0.15, 0.2) is 0 Å². The molecule has 2 nitrogen and oxygen atoms in total. The predicted molar refractivity (Wildman–Crippen MR) is 68.7 cm³/mol. The molecule has 0 amide bonds. The zero-order chi connectivity index (χ0) is 12.3. The number of nitrogens with one attached hydrogen (secondary N) is 1. The normalized spacial score (nSPS) is 10.7. The van der Waals surface area contributed by atoms with Crippen molar-refractivity contribution < 1.29 is 9.13 Å². The Bertz CT molecular complexity index is 287. The van der Waals surface area contributed by atoms with Gasteiger partial charge in [0, 0.05) is 13.2 Å². The van der Waals surface area contributed by atoms with Crippen LogP contribution in [0.15, 0.2) is 24.3 Å².